The third-order valence-electron chi connectivity index (χ3n) is 5.08. The topological polar surface area (TPSA) is 58.6 Å². The summed E-state index contributed by atoms with van der Waals surface area (Å²) >= 11 is 0. The molecule has 3 aromatic carbocycles. The number of benzene rings is 3. The highest BCUT2D eigenvalue weighted by Gasteiger charge is 2.28. The van der Waals surface area contributed by atoms with Crippen LogP contribution < -0.4 is 15.0 Å². The first-order chi connectivity index (χ1) is 13.7. The van der Waals surface area contributed by atoms with Crippen LogP contribution in [0.15, 0.2) is 60.7 Å². The fourth-order valence-corrected chi connectivity index (χ4v) is 3.63. The quantitative estimate of drug-likeness (QED) is 0.682. The molecule has 0 unspecified atom stereocenters. The first-order valence-corrected chi connectivity index (χ1v) is 9.40. The molecule has 142 valence electrons. The van der Waals surface area contributed by atoms with Crippen molar-refractivity contribution in [3.8, 4) is 5.75 Å². The van der Waals surface area contributed by atoms with Crippen LogP contribution in [0.3, 0.4) is 0 Å². The minimum atomic E-state index is -0.0156. The molecule has 0 atom stereocenters. The summed E-state index contributed by atoms with van der Waals surface area (Å²) in [5.74, 6) is 0.796. The number of nitrogens with zero attached hydrogens (tertiary/aromatic N) is 1. The van der Waals surface area contributed by atoms with Gasteiger partial charge in [0.05, 0.1) is 12.8 Å². The van der Waals surface area contributed by atoms with Gasteiger partial charge >= 0.3 is 0 Å². The molecule has 2 amide bonds. The Morgan fingerprint density at radius 1 is 1.04 bits per heavy atom. The van der Waals surface area contributed by atoms with E-state index in [4.69, 9.17) is 4.74 Å². The maximum atomic E-state index is 12.7. The Hall–Kier alpha value is -3.34. The zero-order valence-electron chi connectivity index (χ0n) is 15.8. The number of nitrogens with one attached hydrogen (secondary N) is 1. The second-order valence-electron chi connectivity index (χ2n) is 6.87. The van der Waals surface area contributed by atoms with Gasteiger partial charge in [0.15, 0.2) is 0 Å². The number of amides is 2. The first kappa shape index (κ1) is 18.0. The molecule has 4 rings (SSSR count). The van der Waals surface area contributed by atoms with Crippen molar-refractivity contribution in [2.45, 2.75) is 19.4 Å². The Morgan fingerprint density at radius 2 is 1.79 bits per heavy atom. The normalized spacial score (nSPS) is 12.5. The average molecular weight is 374 g/mol. The molecule has 0 fully saturated rings. The van der Waals surface area contributed by atoms with Crippen molar-refractivity contribution in [2.24, 2.45) is 0 Å². The van der Waals surface area contributed by atoms with Gasteiger partial charge in [0, 0.05) is 30.5 Å². The maximum absolute atomic E-state index is 12.7. The number of anilines is 1. The van der Waals surface area contributed by atoms with Gasteiger partial charge in [-0.2, -0.15) is 0 Å². The minimum Gasteiger partial charge on any atom is -0.497 e. The van der Waals surface area contributed by atoms with Crippen molar-refractivity contribution < 1.29 is 14.3 Å². The average Bonchev–Trinajstić information content (AvgIpc) is 3.01. The molecule has 1 aliphatic heterocycles. The highest BCUT2D eigenvalue weighted by atomic mass is 16.5. The van der Waals surface area contributed by atoms with Gasteiger partial charge in [-0.3, -0.25) is 9.59 Å². The van der Waals surface area contributed by atoms with E-state index in [0.29, 0.717) is 25.9 Å². The van der Waals surface area contributed by atoms with Crippen molar-refractivity contribution in [2.75, 3.05) is 18.6 Å². The van der Waals surface area contributed by atoms with Gasteiger partial charge < -0.3 is 15.0 Å². The zero-order chi connectivity index (χ0) is 19.5. The lowest BCUT2D eigenvalue weighted by Crippen LogP contribution is -2.29. The van der Waals surface area contributed by atoms with Crippen molar-refractivity contribution in [1.29, 1.82) is 0 Å². The molecule has 1 N–H and O–H groups in total. The fourth-order valence-electron chi connectivity index (χ4n) is 3.63. The van der Waals surface area contributed by atoms with Crippen LogP contribution in [0.25, 0.3) is 10.8 Å². The molecule has 1 aliphatic rings. The molecular weight excluding hydrogens is 352 g/mol. The summed E-state index contributed by atoms with van der Waals surface area (Å²) in [4.78, 5) is 26.7. The molecule has 3 aromatic rings. The molecule has 28 heavy (non-hydrogen) atoms. The second-order valence-corrected chi connectivity index (χ2v) is 6.87. The summed E-state index contributed by atoms with van der Waals surface area (Å²) in [6.07, 6.45) is 0.997. The lowest BCUT2D eigenvalue weighted by molar-refractivity contribution is -0.121. The van der Waals surface area contributed by atoms with Gasteiger partial charge in [0.1, 0.15) is 5.75 Å². The Balaban J connectivity index is 1.31. The van der Waals surface area contributed by atoms with Gasteiger partial charge in [-0.05, 0) is 41.6 Å². The van der Waals surface area contributed by atoms with E-state index in [2.05, 4.69) is 5.32 Å². The summed E-state index contributed by atoms with van der Waals surface area (Å²) in [6.45, 7) is 1.01. The summed E-state index contributed by atoms with van der Waals surface area (Å²) < 4.78 is 5.13. The molecule has 5 heteroatoms. The lowest BCUT2D eigenvalue weighted by Gasteiger charge is -2.17. The van der Waals surface area contributed by atoms with Crippen molar-refractivity contribution >= 4 is 28.3 Å². The van der Waals surface area contributed by atoms with Crippen LogP contribution in [0.1, 0.15) is 28.8 Å². The van der Waals surface area contributed by atoms with E-state index in [1.54, 1.807) is 12.0 Å². The molecule has 0 bridgehead atoms. The van der Waals surface area contributed by atoms with Gasteiger partial charge in [0.25, 0.3) is 5.91 Å². The zero-order valence-corrected chi connectivity index (χ0v) is 15.8. The van der Waals surface area contributed by atoms with Crippen molar-refractivity contribution in [1.82, 2.24) is 5.32 Å². The summed E-state index contributed by atoms with van der Waals surface area (Å²) in [7, 11) is 1.63. The Bertz CT molecular complexity index is 1020. The SMILES string of the molecule is COc1ccc(CNC(=O)CCCN2C(=O)c3cccc4cccc2c34)cc1. The van der Waals surface area contributed by atoms with Gasteiger partial charge in [-0.15, -0.1) is 0 Å². The third kappa shape index (κ3) is 3.43. The van der Waals surface area contributed by atoms with Crippen LogP contribution in [0.4, 0.5) is 5.69 Å². The number of hydrogen-bond donors (Lipinski definition) is 1. The van der Waals surface area contributed by atoms with Crippen molar-refractivity contribution in [3.05, 3.63) is 71.8 Å². The fraction of sp³-hybridized carbons (Fsp3) is 0.217. The van der Waals surface area contributed by atoms with Crippen LogP contribution in [0.5, 0.6) is 5.75 Å². The highest BCUT2D eigenvalue weighted by Crippen LogP contribution is 2.37. The number of carbonyl (C=O) groups excluding carboxylic acids is 2. The summed E-state index contributed by atoms with van der Waals surface area (Å²) in [5, 5.41) is 5.01. The van der Waals surface area contributed by atoms with Crippen LogP contribution in [0, 0.1) is 0 Å². The molecule has 0 aliphatic carbocycles. The standard InChI is InChI=1S/C23H22N2O3/c1-28-18-12-10-16(11-13-18)15-24-21(26)9-4-14-25-20-8-3-6-17-5-2-7-19(22(17)20)23(25)27/h2-3,5-8,10-13H,4,9,14-15H2,1H3,(H,24,26). The third-order valence-corrected chi connectivity index (χ3v) is 5.08. The molecule has 0 spiro atoms. The molecule has 0 aromatic heterocycles. The maximum Gasteiger partial charge on any atom is 0.258 e. The predicted molar refractivity (Wildman–Crippen MR) is 110 cm³/mol. The van der Waals surface area contributed by atoms with E-state index in [0.717, 1.165) is 33.3 Å². The minimum absolute atomic E-state index is 0.0156. The van der Waals surface area contributed by atoms with Gasteiger partial charge in [-0.1, -0.05) is 36.4 Å². The Morgan fingerprint density at radius 3 is 2.54 bits per heavy atom. The van der Waals surface area contributed by atoms with E-state index in [1.165, 1.54) is 0 Å². The van der Waals surface area contributed by atoms with E-state index in [9.17, 15) is 9.59 Å². The highest BCUT2D eigenvalue weighted by molar-refractivity contribution is 6.25. The largest absolute Gasteiger partial charge is 0.497 e. The molecule has 0 saturated carbocycles. The first-order valence-electron chi connectivity index (χ1n) is 9.40. The number of methoxy groups -OCH3 is 1. The van der Waals surface area contributed by atoms with Gasteiger partial charge in [0.2, 0.25) is 5.91 Å². The van der Waals surface area contributed by atoms with Crippen molar-refractivity contribution in [3.63, 3.8) is 0 Å². The van der Waals surface area contributed by atoms with Crippen LogP contribution in [-0.2, 0) is 11.3 Å². The number of rotatable bonds is 7. The Labute approximate surface area is 163 Å². The Kier molecular flexibility index (Phi) is 4.98. The molecule has 0 radical (unpaired) electrons. The van der Waals surface area contributed by atoms with E-state index >= 15 is 0 Å². The van der Waals surface area contributed by atoms with E-state index in [1.807, 2.05) is 60.7 Å². The smallest absolute Gasteiger partial charge is 0.258 e. The van der Waals surface area contributed by atoms with Crippen LogP contribution >= 0.6 is 0 Å². The predicted octanol–water partition coefficient (Wildman–Crippen LogP) is 3.91. The molecular formula is C23H22N2O3. The van der Waals surface area contributed by atoms with E-state index < -0.39 is 0 Å². The number of ether oxygens (including phenoxy) is 1. The van der Waals surface area contributed by atoms with E-state index in [-0.39, 0.29) is 11.8 Å². The number of hydrogen-bond acceptors (Lipinski definition) is 3. The van der Waals surface area contributed by atoms with Crippen LogP contribution in [-0.4, -0.2) is 25.5 Å². The molecule has 5 nitrogen and oxygen atoms in total. The monoisotopic (exact) mass is 374 g/mol. The summed E-state index contributed by atoms with van der Waals surface area (Å²) in [6, 6.07) is 19.4. The second kappa shape index (κ2) is 7.72. The van der Waals surface area contributed by atoms with Gasteiger partial charge in [-0.25, -0.2) is 0 Å². The van der Waals surface area contributed by atoms with Crippen LogP contribution in [0.2, 0.25) is 0 Å². The summed E-state index contributed by atoms with van der Waals surface area (Å²) in [5.41, 5.74) is 2.71. The number of carbonyl (C=O) groups is 2. The lowest BCUT2D eigenvalue weighted by atomic mass is 10.1. The molecule has 1 heterocycles. The molecule has 0 saturated heterocycles.